The van der Waals surface area contributed by atoms with Gasteiger partial charge in [0.1, 0.15) is 5.75 Å². The molecule has 1 amide bonds. The fraction of sp³-hybridized carbons (Fsp3) is 0.571. The lowest BCUT2D eigenvalue weighted by atomic mass is 9.53. The number of aliphatic hydroxyl groups is 2. The first-order valence-corrected chi connectivity index (χ1v) is 22.8. The van der Waals surface area contributed by atoms with E-state index in [2.05, 4.69) is 62.9 Å². The molecule has 3 fully saturated rings. The van der Waals surface area contributed by atoms with Crippen LogP contribution in [-0.2, 0) is 30.9 Å². The predicted molar refractivity (Wildman–Crippen MR) is 242 cm³/mol. The van der Waals surface area contributed by atoms with E-state index in [4.69, 9.17) is 14.2 Å². The fourth-order valence-electron chi connectivity index (χ4n) is 13.5. The average Bonchev–Trinajstić information content (AvgIpc) is 3.92. The number of hydrogen-bond acceptors (Lipinski definition) is 11. The number of benzene rings is 2. The van der Waals surface area contributed by atoms with Crippen LogP contribution >= 0.6 is 0 Å². The topological polar surface area (TPSA) is 180 Å². The molecular weight excluding hydrogens is 801 g/mol. The Morgan fingerprint density at radius 3 is 2.54 bits per heavy atom. The molecule has 4 heterocycles. The normalized spacial score (nSPS) is 34.1. The number of methoxy groups -OCH3 is 2. The number of carbonyl (C=O) groups excluding carboxylic acids is 2. The predicted octanol–water partition coefficient (Wildman–Crippen LogP) is 5.02. The van der Waals surface area contributed by atoms with Crippen LogP contribution in [0.5, 0.6) is 5.75 Å². The van der Waals surface area contributed by atoms with Crippen molar-refractivity contribution in [2.24, 2.45) is 23.2 Å². The third-order valence-electron chi connectivity index (χ3n) is 16.1. The first-order valence-electron chi connectivity index (χ1n) is 22.8. The van der Waals surface area contributed by atoms with Crippen LogP contribution in [0.2, 0.25) is 0 Å². The van der Waals surface area contributed by atoms with Crippen molar-refractivity contribution in [3.8, 4) is 5.75 Å². The number of H-pyrrole nitrogens is 1. The summed E-state index contributed by atoms with van der Waals surface area (Å²) in [5.41, 5.74) is 6.50. The molecule has 2 bridgehead atoms. The summed E-state index contributed by atoms with van der Waals surface area (Å²) in [5, 5.41) is 26.7. The number of likely N-dealkylation sites (N-methyl/N-ethyl adjacent to an activating group) is 1. The number of ether oxygens (including phenoxy) is 3. The van der Waals surface area contributed by atoms with Crippen LogP contribution in [0.25, 0.3) is 17.0 Å². The van der Waals surface area contributed by atoms with Crippen molar-refractivity contribution in [2.75, 3.05) is 39.3 Å². The monoisotopic (exact) mass is 863 g/mol. The van der Waals surface area contributed by atoms with Crippen LogP contribution in [0.4, 0.5) is 5.69 Å². The minimum atomic E-state index is -2.25. The zero-order valence-corrected chi connectivity index (χ0v) is 37.8. The highest BCUT2D eigenvalue weighted by atomic mass is 16.6. The van der Waals surface area contributed by atoms with Gasteiger partial charge < -0.3 is 34.3 Å². The number of nitrogens with one attached hydrogen (secondary N) is 3. The lowest BCUT2D eigenvalue weighted by Gasteiger charge is -2.61. The molecule has 63 heavy (non-hydrogen) atoms. The molecule has 2 saturated carbocycles. The van der Waals surface area contributed by atoms with Gasteiger partial charge in [0.25, 0.3) is 10.8 Å². The van der Waals surface area contributed by atoms with Gasteiger partial charge >= 0.3 is 11.9 Å². The van der Waals surface area contributed by atoms with Crippen LogP contribution < -0.4 is 25.3 Å². The Balaban J connectivity index is 1.32. The molecule has 3 aliphatic carbocycles. The maximum atomic E-state index is 14.9. The summed E-state index contributed by atoms with van der Waals surface area (Å²) >= 11 is 0. The van der Waals surface area contributed by atoms with E-state index < -0.39 is 46.1 Å². The van der Waals surface area contributed by atoms with E-state index in [0.717, 1.165) is 46.1 Å². The van der Waals surface area contributed by atoms with E-state index in [1.807, 2.05) is 57.0 Å². The number of rotatable bonds is 9. The molecule has 336 valence electrons. The number of anilines is 1. The maximum absolute atomic E-state index is 14.9. The van der Waals surface area contributed by atoms with Crippen molar-refractivity contribution < 1.29 is 34.0 Å². The average molecular weight is 864 g/mol. The van der Waals surface area contributed by atoms with Gasteiger partial charge in [-0.2, -0.15) is 0 Å². The number of amides is 1. The molecule has 6 aliphatic rings. The third-order valence-corrected chi connectivity index (χ3v) is 16.1. The summed E-state index contributed by atoms with van der Waals surface area (Å²) in [6.45, 7) is 10.4. The van der Waals surface area contributed by atoms with E-state index in [1.165, 1.54) is 14.0 Å². The Hall–Kier alpha value is -4.98. The molecule has 0 radical (unpaired) electrons. The molecule has 10 atom stereocenters. The van der Waals surface area contributed by atoms with Crippen molar-refractivity contribution >= 4 is 40.4 Å². The standard InChI is InChI=1S/C49H62N6O8/c1-9-46-18-13-19-55-26-31-21-30-22-35(38(61-7)23-37(30)54(6)42(39(31)41(46)55)49(59,43(46)63-28(5)56)44(57)52-51-27(3)4)48(45(53-60)62-8)25-29-20-32(47(58,10-2)24-29)16-17-34-33-14-11-12-15-36(33)50-40(34)48/h11-15,18,21-23,27,29,32,39,41-43,50,58-60H,9-10,16-17,19-20,24-26H2,1-8H3/p+1/t29?,32?,39?,41?,42?,43-,46-,47+,48+,49+/m1/s1. The van der Waals surface area contributed by atoms with Crippen molar-refractivity contribution in [2.45, 2.75) is 120 Å². The first-order chi connectivity index (χ1) is 30.1. The van der Waals surface area contributed by atoms with E-state index in [1.54, 1.807) is 7.11 Å². The van der Waals surface area contributed by atoms with Crippen molar-refractivity contribution in [3.05, 3.63) is 81.4 Å². The van der Waals surface area contributed by atoms with Crippen LogP contribution in [0.3, 0.4) is 0 Å². The SMILES string of the molecule is CC[C@]1(O)CC2CC1CCc1c([nH]c3ccccc13)[C@@](C(=[N+]=O)OC)(c1cc3c(cc1OC)N(C)C1C4C(=C3)CN3CC=C[C@](CC)(C43)[C@@H](OC(C)=O)[C@]1(O)C(=O)NNC(C)C)C2. The molecule has 14 heteroatoms. The summed E-state index contributed by atoms with van der Waals surface area (Å²) in [6.07, 6.45) is 9.43. The number of aromatic nitrogens is 1. The van der Waals surface area contributed by atoms with Gasteiger partial charge in [-0.3, -0.25) is 19.9 Å². The van der Waals surface area contributed by atoms with Crippen LogP contribution in [-0.4, -0.2) is 108 Å². The largest absolute Gasteiger partial charge is 0.548 e. The number of hydrazine groups is 1. The third kappa shape index (κ3) is 6.19. The summed E-state index contributed by atoms with van der Waals surface area (Å²) in [5.74, 6) is -1.13. The molecule has 1 saturated heterocycles. The highest BCUT2D eigenvalue weighted by Gasteiger charge is 2.73. The lowest BCUT2D eigenvalue weighted by molar-refractivity contribution is -0.214. The molecule has 2 aromatic carbocycles. The molecule has 5 unspecified atom stereocenters. The Bertz CT molecular complexity index is 2460. The fourth-order valence-corrected chi connectivity index (χ4v) is 13.5. The molecule has 9 rings (SSSR count). The number of aromatic amines is 1. The zero-order chi connectivity index (χ0) is 44.8. The second-order valence-corrected chi connectivity index (χ2v) is 19.5. The van der Waals surface area contributed by atoms with Gasteiger partial charge in [-0.1, -0.05) is 50.3 Å². The van der Waals surface area contributed by atoms with Crippen LogP contribution in [0.1, 0.15) is 95.5 Å². The molecule has 0 spiro atoms. The summed E-state index contributed by atoms with van der Waals surface area (Å²) < 4.78 is 18.8. The second kappa shape index (κ2) is 15.6. The second-order valence-electron chi connectivity index (χ2n) is 19.5. The Labute approximate surface area is 369 Å². The molecule has 1 aromatic heterocycles. The zero-order valence-electron chi connectivity index (χ0n) is 37.8. The van der Waals surface area contributed by atoms with Crippen LogP contribution in [0, 0.1) is 28.1 Å². The highest BCUT2D eigenvalue weighted by molar-refractivity contribution is 5.97. The Morgan fingerprint density at radius 2 is 1.86 bits per heavy atom. The number of aryl methyl sites for hydroxylation is 1. The lowest BCUT2D eigenvalue weighted by Crippen LogP contribution is -2.80. The summed E-state index contributed by atoms with van der Waals surface area (Å²) in [7, 11) is 4.98. The van der Waals surface area contributed by atoms with Gasteiger partial charge in [0, 0.05) is 84.4 Å². The smallest absolute Gasteiger partial charge is 0.496 e. The molecular formula is C49H63N6O8+. The molecule has 3 aromatic rings. The molecule has 14 nitrogen and oxygen atoms in total. The minimum absolute atomic E-state index is 0.00299. The molecule has 5 N–H and O–H groups in total. The van der Waals surface area contributed by atoms with Gasteiger partial charge in [-0.25, -0.2) is 5.43 Å². The van der Waals surface area contributed by atoms with Crippen molar-refractivity contribution in [1.29, 1.82) is 0 Å². The number of fused-ring (bicyclic) bond motifs is 6. The number of nitrogens with zero attached hydrogens (tertiary/aromatic N) is 3. The number of nitroso groups, excluding NO2 is 1. The van der Waals surface area contributed by atoms with E-state index in [0.29, 0.717) is 62.2 Å². The van der Waals surface area contributed by atoms with Crippen molar-refractivity contribution in [1.82, 2.24) is 25.6 Å². The van der Waals surface area contributed by atoms with Gasteiger partial charge in [-0.05, 0) is 99.5 Å². The number of hydrogen-bond donors (Lipinski definition) is 5. The Kier molecular flexibility index (Phi) is 10.7. The number of esters is 1. The van der Waals surface area contributed by atoms with E-state index in [-0.39, 0.29) is 35.7 Å². The van der Waals surface area contributed by atoms with Gasteiger partial charge in [-0.15, -0.1) is 0 Å². The van der Waals surface area contributed by atoms with E-state index in [9.17, 15) is 24.7 Å². The summed E-state index contributed by atoms with van der Waals surface area (Å²) in [6, 6.07) is 10.9. The number of para-hydroxylation sites is 1. The van der Waals surface area contributed by atoms with Crippen molar-refractivity contribution in [3.63, 3.8) is 0 Å². The van der Waals surface area contributed by atoms with Crippen LogP contribution in [0.15, 0.2) is 54.1 Å². The highest BCUT2D eigenvalue weighted by Crippen LogP contribution is 2.61. The van der Waals surface area contributed by atoms with E-state index >= 15 is 0 Å². The summed E-state index contributed by atoms with van der Waals surface area (Å²) in [4.78, 5) is 53.3. The van der Waals surface area contributed by atoms with Gasteiger partial charge in [0.15, 0.2) is 16.4 Å². The minimum Gasteiger partial charge on any atom is -0.496 e. The van der Waals surface area contributed by atoms with Gasteiger partial charge in [0.2, 0.25) is 5.60 Å². The Morgan fingerprint density at radius 1 is 1.08 bits per heavy atom. The van der Waals surface area contributed by atoms with Gasteiger partial charge in [0.05, 0.1) is 25.9 Å². The maximum Gasteiger partial charge on any atom is 0.548 e. The quantitative estimate of drug-likeness (QED) is 0.0487. The number of carbonyl (C=O) groups is 2. The molecule has 3 aliphatic heterocycles. The first kappa shape index (κ1) is 43.3.